The van der Waals surface area contributed by atoms with Gasteiger partial charge in [0.1, 0.15) is 10.4 Å². The molecule has 0 saturated heterocycles. The normalized spacial score (nSPS) is 30.1. The summed E-state index contributed by atoms with van der Waals surface area (Å²) >= 11 is 3.40. The van der Waals surface area contributed by atoms with Gasteiger partial charge in [-0.2, -0.15) is 0 Å². The van der Waals surface area contributed by atoms with Crippen LogP contribution in [-0.2, 0) is 0 Å². The van der Waals surface area contributed by atoms with E-state index < -0.39 is 0 Å². The average molecular weight is 283 g/mol. The van der Waals surface area contributed by atoms with Gasteiger partial charge in [0.15, 0.2) is 0 Å². The highest BCUT2D eigenvalue weighted by Crippen LogP contribution is 2.31. The summed E-state index contributed by atoms with van der Waals surface area (Å²) in [5.74, 6) is 2.54. The number of rotatable bonds is 2. The zero-order chi connectivity index (χ0) is 11.5. The van der Waals surface area contributed by atoms with Crippen LogP contribution in [0.2, 0.25) is 0 Å². The van der Waals surface area contributed by atoms with Crippen molar-refractivity contribution in [1.82, 2.24) is 4.98 Å². The van der Waals surface area contributed by atoms with Crippen molar-refractivity contribution in [3.05, 3.63) is 22.8 Å². The smallest absolute Gasteiger partial charge is 0.127 e. The third-order valence-electron chi connectivity index (χ3n) is 3.76. The number of nitrogens with zero attached hydrogens (tertiary/aromatic N) is 1. The first kappa shape index (κ1) is 11.9. The molecular formula is C13H19BrN2. The highest BCUT2D eigenvalue weighted by molar-refractivity contribution is 9.10. The van der Waals surface area contributed by atoms with Gasteiger partial charge in [0.2, 0.25) is 0 Å². The Balaban J connectivity index is 2.03. The molecule has 3 unspecified atom stereocenters. The summed E-state index contributed by atoms with van der Waals surface area (Å²) in [4.78, 5) is 4.43. The molecule has 0 aliphatic heterocycles. The molecule has 0 aromatic carbocycles. The zero-order valence-corrected chi connectivity index (χ0v) is 11.5. The van der Waals surface area contributed by atoms with E-state index in [9.17, 15) is 0 Å². The first-order valence-electron chi connectivity index (χ1n) is 6.06. The SMILES string of the molecule is CC1CCCC(Nc2cccc(Br)n2)C1C. The molecule has 0 radical (unpaired) electrons. The predicted octanol–water partition coefficient (Wildman–Crippen LogP) is 4.08. The summed E-state index contributed by atoms with van der Waals surface area (Å²) in [6.45, 7) is 4.70. The van der Waals surface area contributed by atoms with Crippen LogP contribution in [-0.4, -0.2) is 11.0 Å². The molecule has 3 heteroatoms. The van der Waals surface area contributed by atoms with Gasteiger partial charge >= 0.3 is 0 Å². The Morgan fingerprint density at radius 2 is 2.12 bits per heavy atom. The van der Waals surface area contributed by atoms with Crippen LogP contribution >= 0.6 is 15.9 Å². The molecule has 1 heterocycles. The predicted molar refractivity (Wildman–Crippen MR) is 71.5 cm³/mol. The molecule has 0 amide bonds. The largest absolute Gasteiger partial charge is 0.367 e. The Kier molecular flexibility index (Phi) is 3.85. The van der Waals surface area contributed by atoms with E-state index in [1.807, 2.05) is 18.2 Å². The van der Waals surface area contributed by atoms with Crippen LogP contribution in [0.1, 0.15) is 33.1 Å². The van der Waals surface area contributed by atoms with E-state index in [1.165, 1.54) is 19.3 Å². The van der Waals surface area contributed by atoms with Gasteiger partial charge in [-0.25, -0.2) is 4.98 Å². The van der Waals surface area contributed by atoms with Crippen LogP contribution in [0.25, 0.3) is 0 Å². The lowest BCUT2D eigenvalue weighted by Gasteiger charge is -2.34. The maximum Gasteiger partial charge on any atom is 0.127 e. The summed E-state index contributed by atoms with van der Waals surface area (Å²) in [6, 6.07) is 6.59. The monoisotopic (exact) mass is 282 g/mol. The van der Waals surface area contributed by atoms with Crippen molar-refractivity contribution in [2.45, 2.75) is 39.2 Å². The second kappa shape index (κ2) is 5.17. The Bertz CT molecular complexity index is 354. The number of nitrogens with one attached hydrogen (secondary N) is 1. The minimum absolute atomic E-state index is 0.575. The van der Waals surface area contributed by atoms with Crippen molar-refractivity contribution in [2.75, 3.05) is 5.32 Å². The van der Waals surface area contributed by atoms with Gasteiger partial charge in [-0.05, 0) is 46.3 Å². The molecule has 2 nitrogen and oxygen atoms in total. The minimum Gasteiger partial charge on any atom is -0.367 e. The van der Waals surface area contributed by atoms with E-state index in [-0.39, 0.29) is 0 Å². The van der Waals surface area contributed by atoms with E-state index in [0.29, 0.717) is 6.04 Å². The summed E-state index contributed by atoms with van der Waals surface area (Å²) < 4.78 is 0.897. The average Bonchev–Trinajstić information content (AvgIpc) is 2.25. The first-order chi connectivity index (χ1) is 7.66. The molecule has 1 aliphatic carbocycles. The van der Waals surface area contributed by atoms with Gasteiger partial charge in [-0.15, -0.1) is 0 Å². The number of hydrogen-bond acceptors (Lipinski definition) is 2. The number of hydrogen-bond donors (Lipinski definition) is 1. The van der Waals surface area contributed by atoms with Crippen molar-refractivity contribution >= 4 is 21.7 Å². The molecule has 1 aromatic heterocycles. The fourth-order valence-corrected chi connectivity index (χ4v) is 2.81. The van der Waals surface area contributed by atoms with Crippen LogP contribution in [0.4, 0.5) is 5.82 Å². The van der Waals surface area contributed by atoms with Gasteiger partial charge in [-0.1, -0.05) is 32.8 Å². The lowest BCUT2D eigenvalue weighted by Crippen LogP contribution is -2.35. The molecule has 16 heavy (non-hydrogen) atoms. The molecule has 0 spiro atoms. The molecule has 3 atom stereocenters. The third kappa shape index (κ3) is 2.76. The van der Waals surface area contributed by atoms with E-state index in [0.717, 1.165) is 22.3 Å². The third-order valence-corrected chi connectivity index (χ3v) is 4.20. The summed E-state index contributed by atoms with van der Waals surface area (Å²) in [5.41, 5.74) is 0. The molecule has 2 rings (SSSR count). The van der Waals surface area contributed by atoms with Crippen molar-refractivity contribution in [3.63, 3.8) is 0 Å². The minimum atomic E-state index is 0.575. The van der Waals surface area contributed by atoms with Gasteiger partial charge in [0.05, 0.1) is 0 Å². The van der Waals surface area contributed by atoms with Gasteiger partial charge in [-0.3, -0.25) is 0 Å². The fraction of sp³-hybridized carbons (Fsp3) is 0.615. The van der Waals surface area contributed by atoms with Crippen molar-refractivity contribution in [2.24, 2.45) is 11.8 Å². The summed E-state index contributed by atoms with van der Waals surface area (Å²) in [6.07, 6.45) is 3.96. The number of pyridine rings is 1. The van der Waals surface area contributed by atoms with Crippen LogP contribution in [0.15, 0.2) is 22.8 Å². The molecule has 0 bridgehead atoms. The maximum atomic E-state index is 4.43. The second-order valence-electron chi connectivity index (χ2n) is 4.86. The number of aromatic nitrogens is 1. The second-order valence-corrected chi connectivity index (χ2v) is 5.68. The van der Waals surface area contributed by atoms with Gasteiger partial charge < -0.3 is 5.32 Å². The standard InChI is InChI=1S/C13H19BrN2/c1-9-5-3-6-11(10(9)2)15-13-8-4-7-12(14)16-13/h4,7-11H,3,5-6H2,1-2H3,(H,15,16). The summed E-state index contributed by atoms with van der Waals surface area (Å²) in [7, 11) is 0. The zero-order valence-electron chi connectivity index (χ0n) is 9.91. The molecule has 1 aromatic rings. The fourth-order valence-electron chi connectivity index (χ4n) is 2.46. The van der Waals surface area contributed by atoms with Crippen LogP contribution in [0.5, 0.6) is 0 Å². The van der Waals surface area contributed by atoms with E-state index in [2.05, 4.69) is 40.1 Å². The highest BCUT2D eigenvalue weighted by atomic mass is 79.9. The lowest BCUT2D eigenvalue weighted by molar-refractivity contribution is 0.253. The van der Waals surface area contributed by atoms with E-state index >= 15 is 0 Å². The van der Waals surface area contributed by atoms with E-state index in [4.69, 9.17) is 0 Å². The van der Waals surface area contributed by atoms with Crippen LogP contribution in [0.3, 0.4) is 0 Å². The maximum absolute atomic E-state index is 4.43. The molecule has 1 saturated carbocycles. The summed E-state index contributed by atoms with van der Waals surface area (Å²) in [5, 5.41) is 3.56. The van der Waals surface area contributed by atoms with Crippen molar-refractivity contribution in [1.29, 1.82) is 0 Å². The molecule has 1 N–H and O–H groups in total. The number of anilines is 1. The topological polar surface area (TPSA) is 24.9 Å². The Hall–Kier alpha value is -0.570. The van der Waals surface area contributed by atoms with Crippen LogP contribution in [0, 0.1) is 11.8 Å². The highest BCUT2D eigenvalue weighted by Gasteiger charge is 2.26. The van der Waals surface area contributed by atoms with E-state index in [1.54, 1.807) is 0 Å². The Morgan fingerprint density at radius 1 is 1.31 bits per heavy atom. The molecular weight excluding hydrogens is 264 g/mol. The Labute approximate surface area is 106 Å². The lowest BCUT2D eigenvalue weighted by atomic mass is 9.78. The molecule has 1 aliphatic rings. The molecule has 88 valence electrons. The first-order valence-corrected chi connectivity index (χ1v) is 6.85. The quantitative estimate of drug-likeness (QED) is 0.827. The van der Waals surface area contributed by atoms with Crippen molar-refractivity contribution in [3.8, 4) is 0 Å². The molecule has 1 fully saturated rings. The van der Waals surface area contributed by atoms with Gasteiger partial charge in [0, 0.05) is 6.04 Å². The Morgan fingerprint density at radius 3 is 2.88 bits per heavy atom. The van der Waals surface area contributed by atoms with Gasteiger partial charge in [0.25, 0.3) is 0 Å². The van der Waals surface area contributed by atoms with Crippen LogP contribution < -0.4 is 5.32 Å². The number of halogens is 1. The van der Waals surface area contributed by atoms with Crippen molar-refractivity contribution < 1.29 is 0 Å².